The van der Waals surface area contributed by atoms with Crippen molar-refractivity contribution >= 4 is 29.2 Å². The van der Waals surface area contributed by atoms with E-state index in [-0.39, 0.29) is 6.42 Å². The molecule has 0 fully saturated rings. The van der Waals surface area contributed by atoms with Gasteiger partial charge in [-0.1, -0.05) is 29.3 Å². The molecular formula is C10H11Cl2NO2. The van der Waals surface area contributed by atoms with Crippen LogP contribution in [-0.2, 0) is 11.3 Å². The number of hydrogen-bond acceptors (Lipinski definition) is 2. The van der Waals surface area contributed by atoms with Crippen LogP contribution in [-0.4, -0.2) is 12.5 Å². The molecule has 1 aromatic carbocycles. The predicted molar refractivity (Wildman–Crippen MR) is 56.6 cm³/mol. The van der Waals surface area contributed by atoms with E-state index in [4.69, 9.17) is 23.2 Å². The highest BCUT2D eigenvalue weighted by molar-refractivity contribution is 6.35. The molecule has 0 saturated carbocycles. The normalized spacial score (nSPS) is 10.3. The third-order valence-electron chi connectivity index (χ3n) is 1.93. The van der Waals surface area contributed by atoms with Gasteiger partial charge in [0.2, 0.25) is 0 Å². The smallest absolute Gasteiger partial charge is 0.103 e. The van der Waals surface area contributed by atoms with Gasteiger partial charge >= 0.3 is 0 Å². The van der Waals surface area contributed by atoms with Crippen LogP contribution < -0.4 is 10.4 Å². The van der Waals surface area contributed by atoms with Crippen molar-refractivity contribution in [1.29, 1.82) is 0 Å². The van der Waals surface area contributed by atoms with E-state index in [1.54, 1.807) is 12.1 Å². The van der Waals surface area contributed by atoms with Gasteiger partial charge in [0.05, 0.1) is 11.6 Å². The zero-order valence-corrected chi connectivity index (χ0v) is 9.52. The van der Waals surface area contributed by atoms with Gasteiger partial charge in [-0.05, 0) is 12.1 Å². The second kappa shape index (κ2) is 5.95. The number of hydrogen-bond donors (Lipinski definition) is 1. The van der Waals surface area contributed by atoms with Crippen LogP contribution in [0.3, 0.4) is 0 Å². The maximum atomic E-state index is 10.1. The van der Waals surface area contributed by atoms with Crippen LogP contribution in [0.2, 0.25) is 10.0 Å². The van der Waals surface area contributed by atoms with Crippen molar-refractivity contribution in [2.24, 2.45) is 0 Å². The number of benzene rings is 1. The molecule has 0 aliphatic carbocycles. The molecule has 82 valence electrons. The number of aliphatic carboxylic acids is 1. The first-order valence-electron chi connectivity index (χ1n) is 4.55. The van der Waals surface area contributed by atoms with Gasteiger partial charge in [0.1, 0.15) is 6.54 Å². The Morgan fingerprint density at radius 3 is 2.73 bits per heavy atom. The van der Waals surface area contributed by atoms with E-state index in [0.29, 0.717) is 23.1 Å². The molecule has 0 saturated heterocycles. The number of quaternary nitrogens is 1. The van der Waals surface area contributed by atoms with E-state index < -0.39 is 5.97 Å². The van der Waals surface area contributed by atoms with E-state index in [2.05, 4.69) is 0 Å². The van der Waals surface area contributed by atoms with Gasteiger partial charge in [-0.15, -0.1) is 0 Å². The molecule has 1 aromatic rings. The molecule has 0 bridgehead atoms. The molecule has 0 spiro atoms. The number of nitrogens with two attached hydrogens (primary N) is 1. The van der Waals surface area contributed by atoms with Crippen molar-refractivity contribution < 1.29 is 15.2 Å². The third kappa shape index (κ3) is 4.51. The highest BCUT2D eigenvalue weighted by Gasteiger charge is 2.02. The molecule has 15 heavy (non-hydrogen) atoms. The van der Waals surface area contributed by atoms with Crippen molar-refractivity contribution in [3.63, 3.8) is 0 Å². The molecule has 0 radical (unpaired) electrons. The highest BCUT2D eigenvalue weighted by atomic mass is 35.5. The second-order valence-corrected chi connectivity index (χ2v) is 3.98. The summed E-state index contributed by atoms with van der Waals surface area (Å²) in [5, 5.41) is 13.2. The average Bonchev–Trinajstić information content (AvgIpc) is 2.14. The van der Waals surface area contributed by atoms with Crippen LogP contribution in [0.4, 0.5) is 0 Å². The van der Waals surface area contributed by atoms with Gasteiger partial charge in [-0.25, -0.2) is 0 Å². The van der Waals surface area contributed by atoms with Crippen molar-refractivity contribution in [2.75, 3.05) is 6.54 Å². The lowest BCUT2D eigenvalue weighted by atomic mass is 10.2. The molecule has 1 rings (SSSR count). The first-order valence-corrected chi connectivity index (χ1v) is 5.30. The monoisotopic (exact) mass is 247 g/mol. The standard InChI is InChI=1S/C10H11Cl2NO2/c11-8-2-1-7(9(12)5-8)6-13-4-3-10(14)15/h1-2,5,13H,3-4,6H2,(H,14,15). The number of carbonyl (C=O) groups excluding carboxylic acids is 1. The fraction of sp³-hybridized carbons (Fsp3) is 0.300. The van der Waals surface area contributed by atoms with Gasteiger partial charge in [0.15, 0.2) is 0 Å². The first kappa shape index (κ1) is 12.3. The molecule has 0 aliphatic rings. The number of carboxylic acid groups (broad SMARTS) is 1. The highest BCUT2D eigenvalue weighted by Crippen LogP contribution is 2.19. The van der Waals surface area contributed by atoms with Gasteiger partial charge in [0.25, 0.3) is 0 Å². The molecule has 0 amide bonds. The van der Waals surface area contributed by atoms with E-state index in [9.17, 15) is 9.90 Å². The first-order chi connectivity index (χ1) is 7.09. The summed E-state index contributed by atoms with van der Waals surface area (Å²) in [6.45, 7) is 1.13. The van der Waals surface area contributed by atoms with Crippen LogP contribution in [0.25, 0.3) is 0 Å². The van der Waals surface area contributed by atoms with Crippen LogP contribution in [0.5, 0.6) is 0 Å². The maximum absolute atomic E-state index is 10.1. The summed E-state index contributed by atoms with van der Waals surface area (Å²) >= 11 is 11.7. The summed E-state index contributed by atoms with van der Waals surface area (Å²) in [6, 6.07) is 5.26. The van der Waals surface area contributed by atoms with Crippen LogP contribution in [0.1, 0.15) is 12.0 Å². The molecule has 3 nitrogen and oxygen atoms in total. The summed E-state index contributed by atoms with van der Waals surface area (Å²) in [7, 11) is 0. The molecular weight excluding hydrogens is 237 g/mol. The van der Waals surface area contributed by atoms with Gasteiger partial charge in [-0.3, -0.25) is 0 Å². The lowest BCUT2D eigenvalue weighted by molar-refractivity contribution is -0.670. The Labute approximate surface area is 98.0 Å². The number of carboxylic acids is 1. The van der Waals surface area contributed by atoms with E-state index in [1.807, 2.05) is 11.4 Å². The summed E-state index contributed by atoms with van der Waals surface area (Å²) in [6.07, 6.45) is 0.0468. The lowest BCUT2D eigenvalue weighted by Gasteiger charge is -2.04. The van der Waals surface area contributed by atoms with Crippen molar-refractivity contribution in [2.45, 2.75) is 13.0 Å². The molecule has 0 atom stereocenters. The van der Waals surface area contributed by atoms with Crippen LogP contribution >= 0.6 is 23.2 Å². The topological polar surface area (TPSA) is 56.7 Å². The maximum Gasteiger partial charge on any atom is 0.103 e. The summed E-state index contributed by atoms with van der Waals surface area (Å²) in [4.78, 5) is 10.1. The van der Waals surface area contributed by atoms with Crippen molar-refractivity contribution in [1.82, 2.24) is 0 Å². The molecule has 2 N–H and O–H groups in total. The zero-order chi connectivity index (χ0) is 11.3. The Hall–Kier alpha value is -0.770. The fourth-order valence-electron chi connectivity index (χ4n) is 1.16. The molecule has 0 aliphatic heterocycles. The number of carbonyl (C=O) groups is 1. The van der Waals surface area contributed by atoms with Gasteiger partial charge < -0.3 is 15.2 Å². The summed E-state index contributed by atoms with van der Waals surface area (Å²) in [5.41, 5.74) is 0.944. The molecule has 0 unspecified atom stereocenters. The summed E-state index contributed by atoms with van der Waals surface area (Å²) < 4.78 is 0. The fourth-order valence-corrected chi connectivity index (χ4v) is 1.65. The Bertz CT molecular complexity index is 355. The predicted octanol–water partition coefficient (Wildman–Crippen LogP) is 0.197. The Kier molecular flexibility index (Phi) is 4.88. The minimum Gasteiger partial charge on any atom is -0.550 e. The van der Waals surface area contributed by atoms with Gasteiger partial charge in [-0.2, -0.15) is 0 Å². The third-order valence-corrected chi connectivity index (χ3v) is 2.52. The van der Waals surface area contributed by atoms with E-state index in [1.165, 1.54) is 0 Å². The van der Waals surface area contributed by atoms with Crippen molar-refractivity contribution in [3.05, 3.63) is 33.8 Å². The van der Waals surface area contributed by atoms with E-state index in [0.717, 1.165) is 5.56 Å². The second-order valence-electron chi connectivity index (χ2n) is 3.14. The minimum absolute atomic E-state index is 0.0468. The Morgan fingerprint density at radius 1 is 1.40 bits per heavy atom. The lowest BCUT2D eigenvalue weighted by Crippen LogP contribution is -2.83. The zero-order valence-electron chi connectivity index (χ0n) is 8.00. The molecule has 0 aromatic heterocycles. The minimum atomic E-state index is -1.03. The molecule has 5 heteroatoms. The Balaban J connectivity index is 2.40. The molecule has 0 heterocycles. The Morgan fingerprint density at radius 2 is 2.13 bits per heavy atom. The largest absolute Gasteiger partial charge is 0.550 e. The van der Waals surface area contributed by atoms with E-state index >= 15 is 0 Å². The van der Waals surface area contributed by atoms with Crippen LogP contribution in [0.15, 0.2) is 18.2 Å². The SMILES string of the molecule is O=C([O-])CC[NH2+]Cc1ccc(Cl)cc1Cl. The van der Waals surface area contributed by atoms with Crippen LogP contribution in [0, 0.1) is 0 Å². The number of rotatable bonds is 5. The van der Waals surface area contributed by atoms with Crippen molar-refractivity contribution in [3.8, 4) is 0 Å². The average molecular weight is 248 g/mol. The quantitative estimate of drug-likeness (QED) is 0.756. The summed E-state index contributed by atoms with van der Waals surface area (Å²) in [5.74, 6) is -1.03. The number of halogens is 2. The van der Waals surface area contributed by atoms with Gasteiger partial charge in [0, 0.05) is 23.0 Å².